The number of carbonyl (C=O) groups excluding carboxylic acids is 2. The molecule has 0 fully saturated rings. The second-order valence-corrected chi connectivity index (χ2v) is 4.87. The van der Waals surface area contributed by atoms with Crippen LogP contribution >= 0.6 is 11.6 Å². The lowest BCUT2D eigenvalue weighted by molar-refractivity contribution is -0.119. The van der Waals surface area contributed by atoms with Crippen LogP contribution in [-0.2, 0) is 9.53 Å². The van der Waals surface area contributed by atoms with E-state index < -0.39 is 5.97 Å². The van der Waals surface area contributed by atoms with Crippen molar-refractivity contribution in [1.82, 2.24) is 10.3 Å². The molecule has 21 heavy (non-hydrogen) atoms. The van der Waals surface area contributed by atoms with Crippen LogP contribution in [0.1, 0.15) is 35.9 Å². The Morgan fingerprint density at radius 2 is 2.10 bits per heavy atom. The lowest BCUT2D eigenvalue weighted by atomic mass is 10.0. The average molecular weight is 309 g/mol. The molecule has 2 N–H and O–H groups in total. The molecule has 2 aromatic rings. The highest BCUT2D eigenvalue weighted by Gasteiger charge is 2.23. The van der Waals surface area contributed by atoms with Crippen LogP contribution in [0.15, 0.2) is 24.3 Å². The number of fused-ring (bicyclic) bond motifs is 1. The van der Waals surface area contributed by atoms with Gasteiger partial charge < -0.3 is 15.0 Å². The van der Waals surface area contributed by atoms with E-state index >= 15 is 0 Å². The lowest BCUT2D eigenvalue weighted by Crippen LogP contribution is -2.28. The first-order valence-corrected chi connectivity index (χ1v) is 7.25. The minimum absolute atomic E-state index is 0.124. The molecule has 1 aromatic carbocycles. The number of carbonyl (C=O) groups is 2. The number of para-hydroxylation sites is 1. The van der Waals surface area contributed by atoms with E-state index in [1.165, 1.54) is 0 Å². The Labute approximate surface area is 127 Å². The molecule has 1 atom stereocenters. The summed E-state index contributed by atoms with van der Waals surface area (Å²) in [6.07, 6.45) is 0. The van der Waals surface area contributed by atoms with Crippen molar-refractivity contribution in [3.05, 3.63) is 35.5 Å². The number of benzene rings is 1. The topological polar surface area (TPSA) is 71.2 Å². The maximum absolute atomic E-state index is 12.1. The SMILES string of the molecule is CCOC(=O)c1[nH]c2ccccc2c1C(C)NC(=O)CCl. The third kappa shape index (κ3) is 3.19. The molecule has 0 saturated carbocycles. The van der Waals surface area contributed by atoms with Crippen molar-refractivity contribution in [3.8, 4) is 0 Å². The number of alkyl halides is 1. The molecule has 1 unspecified atom stereocenters. The fourth-order valence-electron chi connectivity index (χ4n) is 2.33. The van der Waals surface area contributed by atoms with Crippen molar-refractivity contribution in [1.29, 1.82) is 0 Å². The zero-order chi connectivity index (χ0) is 15.4. The summed E-state index contributed by atoms with van der Waals surface area (Å²) < 4.78 is 5.07. The van der Waals surface area contributed by atoms with Crippen LogP contribution in [0.5, 0.6) is 0 Å². The second-order valence-electron chi connectivity index (χ2n) is 4.60. The van der Waals surface area contributed by atoms with E-state index in [0.29, 0.717) is 11.3 Å². The largest absolute Gasteiger partial charge is 0.461 e. The highest BCUT2D eigenvalue weighted by atomic mass is 35.5. The van der Waals surface area contributed by atoms with Gasteiger partial charge in [-0.3, -0.25) is 4.79 Å². The van der Waals surface area contributed by atoms with Gasteiger partial charge in [0.05, 0.1) is 12.6 Å². The number of amides is 1. The molecule has 0 aliphatic rings. The summed E-state index contributed by atoms with van der Waals surface area (Å²) in [5, 5.41) is 3.64. The Balaban J connectivity index is 2.49. The number of hydrogen-bond acceptors (Lipinski definition) is 3. The summed E-state index contributed by atoms with van der Waals surface area (Å²) in [4.78, 5) is 26.7. The van der Waals surface area contributed by atoms with Gasteiger partial charge in [-0.25, -0.2) is 4.79 Å². The predicted molar refractivity (Wildman–Crippen MR) is 81.5 cm³/mol. The monoisotopic (exact) mass is 308 g/mol. The summed E-state index contributed by atoms with van der Waals surface area (Å²) in [5.41, 5.74) is 1.89. The smallest absolute Gasteiger partial charge is 0.355 e. The van der Waals surface area contributed by atoms with E-state index in [4.69, 9.17) is 16.3 Å². The first-order chi connectivity index (χ1) is 10.1. The molecule has 112 valence electrons. The maximum Gasteiger partial charge on any atom is 0.355 e. The van der Waals surface area contributed by atoms with E-state index in [-0.39, 0.29) is 24.4 Å². The Kier molecular flexibility index (Phi) is 4.85. The van der Waals surface area contributed by atoms with Gasteiger partial charge in [0.15, 0.2) is 0 Å². The summed E-state index contributed by atoms with van der Waals surface area (Å²) in [5.74, 6) is -0.846. The third-order valence-electron chi connectivity index (χ3n) is 3.16. The third-order valence-corrected chi connectivity index (χ3v) is 3.40. The minimum atomic E-state index is -0.435. The Morgan fingerprint density at radius 3 is 2.76 bits per heavy atom. The molecular formula is C15H17ClN2O3. The van der Waals surface area contributed by atoms with E-state index in [1.54, 1.807) is 6.92 Å². The molecule has 0 spiro atoms. The number of nitrogens with one attached hydrogen (secondary N) is 2. The number of aromatic nitrogens is 1. The fourth-order valence-corrected chi connectivity index (χ4v) is 2.41. The van der Waals surface area contributed by atoms with Crippen LogP contribution in [0, 0.1) is 0 Å². The highest BCUT2D eigenvalue weighted by Crippen LogP contribution is 2.28. The van der Waals surface area contributed by atoms with Crippen molar-refractivity contribution in [3.63, 3.8) is 0 Å². The van der Waals surface area contributed by atoms with Gasteiger partial charge in [0.1, 0.15) is 11.6 Å². The normalized spacial score (nSPS) is 12.1. The molecule has 6 heteroatoms. The van der Waals surface area contributed by atoms with E-state index in [9.17, 15) is 9.59 Å². The fraction of sp³-hybridized carbons (Fsp3) is 0.333. The number of rotatable bonds is 5. The van der Waals surface area contributed by atoms with Crippen LogP contribution < -0.4 is 5.32 Å². The van der Waals surface area contributed by atoms with Crippen molar-refractivity contribution in [2.24, 2.45) is 0 Å². The molecule has 5 nitrogen and oxygen atoms in total. The highest BCUT2D eigenvalue weighted by molar-refractivity contribution is 6.27. The standard InChI is InChI=1S/C15H17ClN2O3/c1-3-21-15(20)14-13(9(2)17-12(19)8-16)10-6-4-5-7-11(10)18-14/h4-7,9,18H,3,8H2,1-2H3,(H,17,19). The van der Waals surface area contributed by atoms with Crippen molar-refractivity contribution in [2.75, 3.05) is 12.5 Å². The molecule has 2 rings (SSSR count). The number of esters is 1. The molecule has 0 saturated heterocycles. The van der Waals surface area contributed by atoms with Gasteiger partial charge in [0.2, 0.25) is 5.91 Å². The zero-order valence-corrected chi connectivity index (χ0v) is 12.7. The van der Waals surface area contributed by atoms with Gasteiger partial charge >= 0.3 is 5.97 Å². The maximum atomic E-state index is 12.1. The van der Waals surface area contributed by atoms with Crippen molar-refractivity contribution in [2.45, 2.75) is 19.9 Å². The van der Waals surface area contributed by atoms with Crippen LogP contribution in [-0.4, -0.2) is 29.3 Å². The molecule has 0 bridgehead atoms. The molecular weight excluding hydrogens is 292 g/mol. The summed E-state index contributed by atoms with van der Waals surface area (Å²) in [7, 11) is 0. The molecule has 1 heterocycles. The second kappa shape index (κ2) is 6.63. The van der Waals surface area contributed by atoms with E-state index in [1.807, 2.05) is 31.2 Å². The van der Waals surface area contributed by atoms with Gasteiger partial charge in [-0.15, -0.1) is 11.6 Å². The quantitative estimate of drug-likeness (QED) is 0.659. The van der Waals surface area contributed by atoms with Crippen LogP contribution in [0.25, 0.3) is 10.9 Å². The van der Waals surface area contributed by atoms with Gasteiger partial charge in [-0.2, -0.15) is 0 Å². The first-order valence-electron chi connectivity index (χ1n) is 6.71. The van der Waals surface area contributed by atoms with Gasteiger partial charge in [-0.05, 0) is 19.9 Å². The number of ether oxygens (including phenoxy) is 1. The van der Waals surface area contributed by atoms with Crippen LogP contribution in [0.3, 0.4) is 0 Å². The predicted octanol–water partition coefficient (Wildman–Crippen LogP) is 2.76. The Bertz CT molecular complexity index is 666. The number of aromatic amines is 1. The van der Waals surface area contributed by atoms with Crippen molar-refractivity contribution >= 4 is 34.4 Å². The summed E-state index contributed by atoms with van der Waals surface area (Å²) in [6.45, 7) is 3.85. The number of halogens is 1. The van der Waals surface area contributed by atoms with Gasteiger partial charge in [0, 0.05) is 16.5 Å². The first kappa shape index (κ1) is 15.4. The van der Waals surface area contributed by atoms with E-state index in [2.05, 4.69) is 10.3 Å². The average Bonchev–Trinajstić information content (AvgIpc) is 2.86. The molecule has 0 radical (unpaired) electrons. The molecule has 1 aromatic heterocycles. The van der Waals surface area contributed by atoms with E-state index in [0.717, 1.165) is 10.9 Å². The Morgan fingerprint density at radius 1 is 1.38 bits per heavy atom. The van der Waals surface area contributed by atoms with Crippen LogP contribution in [0.2, 0.25) is 0 Å². The van der Waals surface area contributed by atoms with Gasteiger partial charge in [0.25, 0.3) is 0 Å². The van der Waals surface area contributed by atoms with Crippen molar-refractivity contribution < 1.29 is 14.3 Å². The Hall–Kier alpha value is -2.01. The van der Waals surface area contributed by atoms with Crippen LogP contribution in [0.4, 0.5) is 0 Å². The number of hydrogen-bond donors (Lipinski definition) is 2. The summed E-state index contributed by atoms with van der Waals surface area (Å²) >= 11 is 5.52. The lowest BCUT2D eigenvalue weighted by Gasteiger charge is -2.14. The minimum Gasteiger partial charge on any atom is -0.461 e. The summed E-state index contributed by atoms with van der Waals surface area (Å²) in [6, 6.07) is 7.17. The van der Waals surface area contributed by atoms with Gasteiger partial charge in [-0.1, -0.05) is 18.2 Å². The molecule has 0 aliphatic carbocycles. The number of H-pyrrole nitrogens is 1. The molecule has 1 amide bonds. The molecule has 0 aliphatic heterocycles. The zero-order valence-electron chi connectivity index (χ0n) is 11.9.